The molecule has 16 heavy (non-hydrogen) atoms. The number of hydrogen-bond acceptors (Lipinski definition) is 3. The van der Waals surface area contributed by atoms with E-state index in [-0.39, 0.29) is 11.9 Å². The van der Waals surface area contributed by atoms with Crippen LogP contribution in [0.15, 0.2) is 12.7 Å². The smallest absolute Gasteiger partial charge is 0.234 e. The van der Waals surface area contributed by atoms with Crippen LogP contribution in [0.2, 0.25) is 0 Å². The number of carbonyl (C=O) groups is 1. The molecule has 1 aliphatic heterocycles. The zero-order valence-corrected chi connectivity index (χ0v) is 10.2. The van der Waals surface area contributed by atoms with Crippen LogP contribution in [0.5, 0.6) is 0 Å². The Labute approximate surface area is 98.1 Å². The standard InChI is InChI=1S/C12H23N3O/c1-3-6-13-9-12(16)14-11(2)10-15-7-4-5-8-15/h3,11,13H,1,4-10H2,2H3,(H,14,16). The van der Waals surface area contributed by atoms with Crippen LogP contribution in [0.3, 0.4) is 0 Å². The lowest BCUT2D eigenvalue weighted by Crippen LogP contribution is -2.44. The molecule has 1 atom stereocenters. The van der Waals surface area contributed by atoms with Crippen molar-refractivity contribution in [2.45, 2.75) is 25.8 Å². The van der Waals surface area contributed by atoms with Gasteiger partial charge >= 0.3 is 0 Å². The summed E-state index contributed by atoms with van der Waals surface area (Å²) in [4.78, 5) is 13.9. The maximum atomic E-state index is 11.5. The zero-order valence-electron chi connectivity index (χ0n) is 10.2. The summed E-state index contributed by atoms with van der Waals surface area (Å²) in [6, 6.07) is 0.233. The van der Waals surface area contributed by atoms with Crippen LogP contribution in [-0.2, 0) is 4.79 Å². The van der Waals surface area contributed by atoms with Crippen LogP contribution in [0, 0.1) is 0 Å². The highest BCUT2D eigenvalue weighted by molar-refractivity contribution is 5.78. The van der Waals surface area contributed by atoms with Crippen LogP contribution in [0.4, 0.5) is 0 Å². The van der Waals surface area contributed by atoms with Gasteiger partial charge in [-0.3, -0.25) is 4.79 Å². The van der Waals surface area contributed by atoms with Crippen LogP contribution in [-0.4, -0.2) is 49.6 Å². The molecule has 0 bridgehead atoms. The Kier molecular flexibility index (Phi) is 6.11. The van der Waals surface area contributed by atoms with Gasteiger partial charge in [0.2, 0.25) is 5.91 Å². The van der Waals surface area contributed by atoms with Crippen molar-refractivity contribution < 1.29 is 4.79 Å². The molecule has 1 rings (SSSR count). The molecule has 92 valence electrons. The predicted octanol–water partition coefficient (Wildman–Crippen LogP) is 0.363. The third kappa shape index (κ3) is 5.28. The van der Waals surface area contributed by atoms with Gasteiger partial charge in [-0.15, -0.1) is 6.58 Å². The first-order valence-corrected chi connectivity index (χ1v) is 6.05. The molecule has 1 amide bonds. The van der Waals surface area contributed by atoms with Crippen molar-refractivity contribution in [3.63, 3.8) is 0 Å². The van der Waals surface area contributed by atoms with Crippen molar-refractivity contribution in [3.05, 3.63) is 12.7 Å². The van der Waals surface area contributed by atoms with Gasteiger partial charge in [-0.1, -0.05) is 6.08 Å². The first kappa shape index (κ1) is 13.2. The predicted molar refractivity (Wildman–Crippen MR) is 66.3 cm³/mol. The van der Waals surface area contributed by atoms with Gasteiger partial charge in [-0.25, -0.2) is 0 Å². The van der Waals surface area contributed by atoms with E-state index in [9.17, 15) is 4.79 Å². The van der Waals surface area contributed by atoms with Crippen LogP contribution < -0.4 is 10.6 Å². The normalized spacial score (nSPS) is 18.3. The molecule has 4 nitrogen and oxygen atoms in total. The quantitative estimate of drug-likeness (QED) is 0.486. The lowest BCUT2D eigenvalue weighted by molar-refractivity contribution is -0.120. The SMILES string of the molecule is C=CCNCC(=O)NC(C)CN1CCCC1. The number of likely N-dealkylation sites (tertiary alicyclic amines) is 1. The van der Waals surface area contributed by atoms with E-state index >= 15 is 0 Å². The van der Waals surface area contributed by atoms with Crippen molar-refractivity contribution in [2.75, 3.05) is 32.7 Å². The first-order valence-electron chi connectivity index (χ1n) is 6.05. The van der Waals surface area contributed by atoms with E-state index in [0.717, 1.165) is 6.54 Å². The topological polar surface area (TPSA) is 44.4 Å². The lowest BCUT2D eigenvalue weighted by atomic mass is 10.3. The molecule has 0 spiro atoms. The summed E-state index contributed by atoms with van der Waals surface area (Å²) in [6.45, 7) is 10.0. The highest BCUT2D eigenvalue weighted by atomic mass is 16.1. The Morgan fingerprint density at radius 3 is 2.81 bits per heavy atom. The Hall–Kier alpha value is -0.870. The fourth-order valence-electron chi connectivity index (χ4n) is 2.01. The molecule has 1 unspecified atom stereocenters. The van der Waals surface area contributed by atoms with E-state index in [1.165, 1.54) is 25.9 Å². The average molecular weight is 225 g/mol. The van der Waals surface area contributed by atoms with E-state index < -0.39 is 0 Å². The third-order valence-electron chi connectivity index (χ3n) is 2.71. The molecule has 2 N–H and O–H groups in total. The molecule has 0 aliphatic carbocycles. The van der Waals surface area contributed by atoms with Gasteiger partial charge in [0.15, 0.2) is 0 Å². The second-order valence-electron chi connectivity index (χ2n) is 4.40. The van der Waals surface area contributed by atoms with Crippen molar-refractivity contribution in [2.24, 2.45) is 0 Å². The molecule has 1 heterocycles. The molecule has 0 radical (unpaired) electrons. The van der Waals surface area contributed by atoms with Crippen molar-refractivity contribution in [1.29, 1.82) is 0 Å². The summed E-state index contributed by atoms with van der Waals surface area (Å²) in [5, 5.41) is 5.98. The largest absolute Gasteiger partial charge is 0.351 e. The lowest BCUT2D eigenvalue weighted by Gasteiger charge is -2.21. The number of nitrogens with one attached hydrogen (secondary N) is 2. The van der Waals surface area contributed by atoms with Gasteiger partial charge in [0.25, 0.3) is 0 Å². The fraction of sp³-hybridized carbons (Fsp3) is 0.750. The summed E-state index contributed by atoms with van der Waals surface area (Å²) in [5.41, 5.74) is 0. The van der Waals surface area contributed by atoms with Gasteiger partial charge in [0.05, 0.1) is 6.54 Å². The molecule has 4 heteroatoms. The van der Waals surface area contributed by atoms with Crippen LogP contribution in [0.1, 0.15) is 19.8 Å². The fourth-order valence-corrected chi connectivity index (χ4v) is 2.01. The monoisotopic (exact) mass is 225 g/mol. The summed E-state index contributed by atoms with van der Waals surface area (Å²) in [7, 11) is 0. The molecule has 1 fully saturated rings. The second kappa shape index (κ2) is 7.41. The van der Waals surface area contributed by atoms with Crippen LogP contribution in [0.25, 0.3) is 0 Å². The van der Waals surface area contributed by atoms with Gasteiger partial charge < -0.3 is 15.5 Å². The zero-order chi connectivity index (χ0) is 11.8. The Morgan fingerprint density at radius 1 is 1.50 bits per heavy atom. The maximum absolute atomic E-state index is 11.5. The van der Waals surface area contributed by atoms with Gasteiger partial charge in [0.1, 0.15) is 0 Å². The highest BCUT2D eigenvalue weighted by Crippen LogP contribution is 2.07. The molecule has 1 aliphatic rings. The average Bonchev–Trinajstić information content (AvgIpc) is 2.70. The van der Waals surface area contributed by atoms with E-state index in [0.29, 0.717) is 13.1 Å². The molecule has 0 aromatic heterocycles. The Balaban J connectivity index is 2.09. The van der Waals surface area contributed by atoms with Crippen LogP contribution >= 0.6 is 0 Å². The second-order valence-corrected chi connectivity index (χ2v) is 4.40. The molecule has 1 saturated heterocycles. The van der Waals surface area contributed by atoms with E-state index in [2.05, 4.69) is 29.0 Å². The minimum absolute atomic E-state index is 0.0635. The summed E-state index contributed by atoms with van der Waals surface area (Å²) in [5.74, 6) is 0.0635. The van der Waals surface area contributed by atoms with Crippen molar-refractivity contribution in [3.8, 4) is 0 Å². The number of hydrogen-bond donors (Lipinski definition) is 2. The van der Waals surface area contributed by atoms with Gasteiger partial charge in [0, 0.05) is 19.1 Å². The van der Waals surface area contributed by atoms with E-state index in [4.69, 9.17) is 0 Å². The first-order chi connectivity index (χ1) is 7.72. The maximum Gasteiger partial charge on any atom is 0.234 e. The number of carbonyl (C=O) groups excluding carboxylic acids is 1. The molecule has 0 saturated carbocycles. The third-order valence-corrected chi connectivity index (χ3v) is 2.71. The molecule has 0 aromatic carbocycles. The van der Waals surface area contributed by atoms with E-state index in [1.807, 2.05) is 0 Å². The summed E-state index contributed by atoms with van der Waals surface area (Å²) >= 11 is 0. The number of amides is 1. The molecule has 0 aromatic rings. The summed E-state index contributed by atoms with van der Waals surface area (Å²) < 4.78 is 0. The van der Waals surface area contributed by atoms with E-state index in [1.54, 1.807) is 6.08 Å². The summed E-state index contributed by atoms with van der Waals surface area (Å²) in [6.07, 6.45) is 4.34. The van der Waals surface area contributed by atoms with Gasteiger partial charge in [-0.2, -0.15) is 0 Å². The number of rotatable bonds is 7. The Morgan fingerprint density at radius 2 is 2.19 bits per heavy atom. The molecular weight excluding hydrogens is 202 g/mol. The van der Waals surface area contributed by atoms with Crippen molar-refractivity contribution in [1.82, 2.24) is 15.5 Å². The molecular formula is C12H23N3O. The minimum Gasteiger partial charge on any atom is -0.351 e. The van der Waals surface area contributed by atoms with Gasteiger partial charge in [-0.05, 0) is 32.9 Å². The highest BCUT2D eigenvalue weighted by Gasteiger charge is 2.15. The van der Waals surface area contributed by atoms with Crippen molar-refractivity contribution >= 4 is 5.91 Å². The minimum atomic E-state index is 0.0635. The number of nitrogens with zero attached hydrogens (tertiary/aromatic N) is 1. The Bertz CT molecular complexity index is 224.